The Kier molecular flexibility index (Phi) is 9.50. The molecule has 2 fully saturated rings. The van der Waals surface area contributed by atoms with Crippen molar-refractivity contribution < 1.29 is 4.79 Å². The summed E-state index contributed by atoms with van der Waals surface area (Å²) in [7, 11) is 0. The first kappa shape index (κ1) is 36.2. The maximum absolute atomic E-state index is 16.1. The zero-order valence-electron chi connectivity index (χ0n) is 31.1. The first-order valence-corrected chi connectivity index (χ1v) is 22.3. The van der Waals surface area contributed by atoms with Crippen LogP contribution in [0.15, 0.2) is 106 Å². The van der Waals surface area contributed by atoms with E-state index < -0.39 is 12.1 Å². The molecule has 0 aliphatic carbocycles. The lowest BCUT2D eigenvalue weighted by Gasteiger charge is -2.43. The SMILES string of the molecule is Cc1c(C(C(=O)C(c2sc3nc4ccccc4n3c2C)N2CCN(c3cccc(Br)c3)CC2)N2CCN(c3cccc(Br)c3)CC2)sc2nc3ccccc3n12. The minimum atomic E-state index is -0.441. The first-order chi connectivity index (χ1) is 27.3. The van der Waals surface area contributed by atoms with Gasteiger partial charge in [0.25, 0.3) is 0 Å². The molecule has 2 atom stereocenters. The molecule has 13 heteroatoms. The molecule has 0 spiro atoms. The van der Waals surface area contributed by atoms with Crippen molar-refractivity contribution in [2.45, 2.75) is 25.9 Å². The largest absolute Gasteiger partial charge is 0.369 e. The molecule has 2 aliphatic heterocycles. The molecule has 2 unspecified atom stereocenters. The molecule has 8 aromatic rings. The number of rotatable bonds is 8. The number of para-hydroxylation sites is 4. The first-order valence-electron chi connectivity index (χ1n) is 19.1. The van der Waals surface area contributed by atoms with Crippen LogP contribution in [0.3, 0.4) is 0 Å². The average Bonchev–Trinajstić information content (AvgIpc) is 3.95. The number of thiazole rings is 2. The van der Waals surface area contributed by atoms with Crippen LogP contribution < -0.4 is 9.80 Å². The molecule has 2 saturated heterocycles. The summed E-state index contributed by atoms with van der Waals surface area (Å²) >= 11 is 10.7. The third kappa shape index (κ3) is 6.27. The van der Waals surface area contributed by atoms with Gasteiger partial charge >= 0.3 is 0 Å². The zero-order chi connectivity index (χ0) is 38.1. The molecule has 6 heterocycles. The number of halogens is 2. The maximum atomic E-state index is 16.1. The van der Waals surface area contributed by atoms with E-state index in [2.05, 4.69) is 159 Å². The van der Waals surface area contributed by atoms with E-state index in [0.717, 1.165) is 114 Å². The number of anilines is 2. The van der Waals surface area contributed by atoms with Gasteiger partial charge in [-0.05, 0) is 74.5 Å². The van der Waals surface area contributed by atoms with Crippen LogP contribution in [0, 0.1) is 13.8 Å². The molecule has 0 amide bonds. The van der Waals surface area contributed by atoms with E-state index in [1.807, 2.05) is 12.1 Å². The number of aromatic nitrogens is 4. The number of imidazole rings is 2. The lowest BCUT2D eigenvalue weighted by Crippen LogP contribution is -2.53. The van der Waals surface area contributed by atoms with E-state index >= 15 is 4.79 Å². The normalized spacial score (nSPS) is 17.1. The highest BCUT2D eigenvalue weighted by molar-refractivity contribution is 9.10. The number of aryl methyl sites for hydroxylation is 2. The predicted molar refractivity (Wildman–Crippen MR) is 237 cm³/mol. The second-order valence-corrected chi connectivity index (χ2v) is 18.6. The Morgan fingerprint density at radius 3 is 1.39 bits per heavy atom. The fourth-order valence-corrected chi connectivity index (χ4v) is 12.1. The Balaban J connectivity index is 1.08. The molecule has 10 rings (SSSR count). The number of nitrogens with zero attached hydrogens (tertiary/aromatic N) is 8. The summed E-state index contributed by atoms with van der Waals surface area (Å²) in [5.74, 6) is 0.227. The highest BCUT2D eigenvalue weighted by Gasteiger charge is 2.43. The highest BCUT2D eigenvalue weighted by atomic mass is 79.9. The number of Topliss-reactive ketones (excluding diaryl/α,β-unsaturated/α-hetero) is 1. The minimum absolute atomic E-state index is 0.227. The van der Waals surface area contributed by atoms with Gasteiger partial charge < -0.3 is 9.80 Å². The van der Waals surface area contributed by atoms with Gasteiger partial charge in [0.1, 0.15) is 12.1 Å². The van der Waals surface area contributed by atoms with Crippen molar-refractivity contribution in [1.29, 1.82) is 0 Å². The monoisotopic (exact) mass is 906 g/mol. The van der Waals surface area contributed by atoms with E-state index in [1.165, 1.54) is 11.4 Å². The van der Waals surface area contributed by atoms with Crippen LogP contribution in [-0.2, 0) is 4.79 Å². The van der Waals surface area contributed by atoms with Crippen LogP contribution in [0.2, 0.25) is 0 Å². The van der Waals surface area contributed by atoms with E-state index in [4.69, 9.17) is 9.97 Å². The van der Waals surface area contributed by atoms with Gasteiger partial charge in [-0.3, -0.25) is 23.4 Å². The standard InChI is InChI=1S/C43H40Br2N8OS2/c1-27-40(55-42-46-33-13-3-5-15-35(33)52(27)42)37(50-21-17-48(18-22-50)31-11-7-9-29(44)25-31)39(54)38(51-23-19-49(20-24-51)32-12-8-10-30(45)26-32)41-28(2)53-36-16-6-4-14-34(36)47-43(53)56-41/h3-16,25-26,37-38H,17-24H2,1-2H3. The summed E-state index contributed by atoms with van der Waals surface area (Å²) in [6.07, 6.45) is 0. The van der Waals surface area contributed by atoms with E-state index in [9.17, 15) is 0 Å². The lowest BCUT2D eigenvalue weighted by atomic mass is 9.96. The van der Waals surface area contributed by atoms with Crippen LogP contribution >= 0.6 is 54.5 Å². The van der Waals surface area contributed by atoms with Crippen LogP contribution in [0.25, 0.3) is 32.0 Å². The maximum Gasteiger partial charge on any atom is 0.195 e. The summed E-state index contributed by atoms with van der Waals surface area (Å²) in [6.45, 7) is 10.7. The average molecular weight is 909 g/mol. The van der Waals surface area contributed by atoms with E-state index in [1.54, 1.807) is 22.7 Å². The summed E-state index contributed by atoms with van der Waals surface area (Å²) in [6, 6.07) is 32.8. The Morgan fingerprint density at radius 1 is 0.571 bits per heavy atom. The molecule has 4 aromatic carbocycles. The molecule has 0 radical (unpaired) electrons. The van der Waals surface area contributed by atoms with E-state index in [0.29, 0.717) is 0 Å². The summed E-state index contributed by atoms with van der Waals surface area (Å²) in [4.78, 5) is 40.0. The molecule has 2 aliphatic rings. The number of fused-ring (bicyclic) bond motifs is 6. The zero-order valence-corrected chi connectivity index (χ0v) is 35.9. The van der Waals surface area contributed by atoms with Crippen molar-refractivity contribution in [2.24, 2.45) is 0 Å². The summed E-state index contributed by atoms with van der Waals surface area (Å²) < 4.78 is 6.66. The number of hydrogen-bond acceptors (Lipinski definition) is 9. The Morgan fingerprint density at radius 2 is 0.982 bits per heavy atom. The molecule has 0 N–H and O–H groups in total. The summed E-state index contributed by atoms with van der Waals surface area (Å²) in [5.41, 5.74) is 8.69. The molecular weight excluding hydrogens is 868 g/mol. The topological polar surface area (TPSA) is 64.6 Å². The van der Waals surface area contributed by atoms with Gasteiger partial charge in [0.15, 0.2) is 15.7 Å². The van der Waals surface area contributed by atoms with Gasteiger partial charge in [-0.15, -0.1) is 0 Å². The third-order valence-corrected chi connectivity index (χ3v) is 15.0. The van der Waals surface area contributed by atoms with Crippen LogP contribution in [0.4, 0.5) is 11.4 Å². The smallest absolute Gasteiger partial charge is 0.195 e. The van der Waals surface area contributed by atoms with Crippen LogP contribution in [0.5, 0.6) is 0 Å². The van der Waals surface area contributed by atoms with Crippen molar-refractivity contribution in [1.82, 2.24) is 28.6 Å². The van der Waals surface area contributed by atoms with Gasteiger partial charge in [0, 0.05) is 84.1 Å². The van der Waals surface area contributed by atoms with Gasteiger partial charge in [0.05, 0.1) is 31.8 Å². The van der Waals surface area contributed by atoms with Gasteiger partial charge in [-0.25, -0.2) is 9.97 Å². The lowest BCUT2D eigenvalue weighted by molar-refractivity contribution is -0.130. The Bertz CT molecular complexity index is 2570. The minimum Gasteiger partial charge on any atom is -0.369 e. The number of hydrogen-bond donors (Lipinski definition) is 0. The number of benzene rings is 4. The van der Waals surface area contributed by atoms with Crippen molar-refractivity contribution in [3.05, 3.63) is 127 Å². The molecule has 0 saturated carbocycles. The van der Waals surface area contributed by atoms with Crippen molar-refractivity contribution >= 4 is 104 Å². The third-order valence-electron chi connectivity index (χ3n) is 11.6. The molecule has 0 bridgehead atoms. The fraction of sp³-hybridized carbons (Fsp3) is 0.279. The summed E-state index contributed by atoms with van der Waals surface area (Å²) in [5, 5.41) is 0. The number of carbonyl (C=O) groups is 1. The number of piperazine rings is 2. The molecule has 284 valence electrons. The van der Waals surface area contributed by atoms with Crippen LogP contribution in [0.1, 0.15) is 33.2 Å². The number of carbonyl (C=O) groups excluding carboxylic acids is 1. The number of ketones is 1. The van der Waals surface area contributed by atoms with E-state index in [-0.39, 0.29) is 5.78 Å². The molecular formula is C43H40Br2N8OS2. The van der Waals surface area contributed by atoms with Crippen molar-refractivity contribution in [2.75, 3.05) is 62.2 Å². The van der Waals surface area contributed by atoms with Gasteiger partial charge in [0.2, 0.25) is 0 Å². The Labute approximate surface area is 350 Å². The van der Waals surface area contributed by atoms with Crippen molar-refractivity contribution in [3.63, 3.8) is 0 Å². The van der Waals surface area contributed by atoms with Crippen molar-refractivity contribution in [3.8, 4) is 0 Å². The quantitative estimate of drug-likeness (QED) is 0.151. The Hall–Kier alpha value is -4.11. The molecule has 56 heavy (non-hydrogen) atoms. The molecule has 9 nitrogen and oxygen atoms in total. The molecule has 4 aromatic heterocycles. The highest BCUT2D eigenvalue weighted by Crippen LogP contribution is 2.43. The second-order valence-electron chi connectivity index (χ2n) is 14.8. The van der Waals surface area contributed by atoms with Gasteiger partial charge in [-0.2, -0.15) is 0 Å². The second kappa shape index (κ2) is 14.7. The van der Waals surface area contributed by atoms with Gasteiger partial charge in [-0.1, -0.05) is 90.9 Å². The fourth-order valence-electron chi connectivity index (χ4n) is 8.79. The predicted octanol–water partition coefficient (Wildman–Crippen LogP) is 9.55. The van der Waals surface area contributed by atoms with Crippen LogP contribution in [-0.4, -0.2) is 86.7 Å².